The maximum Gasteiger partial charge on any atom is 0.246 e. The number of piperazine rings is 1. The van der Waals surface area contributed by atoms with Crippen LogP contribution in [-0.4, -0.2) is 145 Å². The second-order valence-corrected chi connectivity index (χ2v) is 26.4. The summed E-state index contributed by atoms with van der Waals surface area (Å²) in [7, 11) is 0.684. The maximum atomic E-state index is 14.2. The molecule has 3 aromatic carbocycles. The number of fused-ring (bicyclic) bond motifs is 1. The van der Waals surface area contributed by atoms with Crippen LogP contribution in [0.3, 0.4) is 0 Å². The predicted octanol–water partition coefficient (Wildman–Crippen LogP) is 7.86. The van der Waals surface area contributed by atoms with E-state index in [-0.39, 0.29) is 43.7 Å². The first-order chi connectivity index (χ1) is 37.7. The summed E-state index contributed by atoms with van der Waals surface area (Å²) in [6, 6.07) is 13.9. The number of nitrogens with zero attached hydrogens (tertiary/aromatic N) is 10. The third-order valence-corrected chi connectivity index (χ3v) is 17.4. The number of aliphatic hydroxyl groups is 1. The van der Waals surface area contributed by atoms with Gasteiger partial charge in [-0.25, -0.2) is 9.97 Å². The summed E-state index contributed by atoms with van der Waals surface area (Å²) in [5.41, 5.74) is 9.41. The Kier molecular flexibility index (Phi) is 17.5. The van der Waals surface area contributed by atoms with Gasteiger partial charge in [0, 0.05) is 107 Å². The molecule has 5 N–H and O–H groups in total. The summed E-state index contributed by atoms with van der Waals surface area (Å²) in [5, 5.41) is 28.5. The van der Waals surface area contributed by atoms with Crippen LogP contribution in [0.15, 0.2) is 89.5 Å². The molecule has 4 aromatic heterocycles. The molecule has 9 rings (SSSR count). The Labute approximate surface area is 472 Å². The minimum Gasteiger partial charge on any atom is -0.494 e. The quantitative estimate of drug-likeness (QED) is 0.0383. The fourth-order valence-electron chi connectivity index (χ4n) is 10.2. The molecule has 3 amide bonds. The predicted molar refractivity (Wildman–Crippen MR) is 314 cm³/mol. The molecule has 79 heavy (non-hydrogen) atoms. The zero-order chi connectivity index (χ0) is 56.2. The highest BCUT2D eigenvalue weighted by Gasteiger charge is 2.44. The van der Waals surface area contributed by atoms with Gasteiger partial charge in [-0.1, -0.05) is 45.0 Å². The van der Waals surface area contributed by atoms with E-state index in [1.165, 1.54) is 4.90 Å². The Balaban J connectivity index is 0.792. The first-order valence-corrected chi connectivity index (χ1v) is 30.6. The summed E-state index contributed by atoms with van der Waals surface area (Å²) in [6.07, 6.45) is 9.59. The molecule has 23 heteroatoms. The number of thiazole rings is 1. The van der Waals surface area contributed by atoms with Crippen molar-refractivity contribution in [2.24, 2.45) is 12.5 Å². The molecule has 2 fully saturated rings. The fourth-order valence-corrected chi connectivity index (χ4v) is 12.7. The van der Waals surface area contributed by atoms with Crippen LogP contribution >= 0.6 is 34.4 Å². The first-order valence-electron chi connectivity index (χ1n) is 26.3. The number of hydrogen-bond acceptors (Lipinski definition) is 17. The highest BCUT2D eigenvalue weighted by Crippen LogP contribution is 2.43. The summed E-state index contributed by atoms with van der Waals surface area (Å²) >= 11 is 5.18. The number of halogens is 1. The van der Waals surface area contributed by atoms with Gasteiger partial charge in [0.1, 0.15) is 36.3 Å². The lowest BCUT2D eigenvalue weighted by molar-refractivity contribution is -0.144. The second kappa shape index (κ2) is 24.3. The number of aliphatic hydroxyl groups excluding tert-OH is 1. The van der Waals surface area contributed by atoms with E-state index >= 15 is 0 Å². The Hall–Kier alpha value is -6.84. The lowest BCUT2D eigenvalue weighted by Crippen LogP contribution is -2.57. The number of rotatable bonds is 19. The molecule has 0 radical (unpaired) electrons. The van der Waals surface area contributed by atoms with Gasteiger partial charge in [-0.05, 0) is 90.3 Å². The molecule has 0 unspecified atom stereocenters. The van der Waals surface area contributed by atoms with Crippen molar-refractivity contribution < 1.29 is 28.8 Å². The van der Waals surface area contributed by atoms with Crippen molar-refractivity contribution in [3.63, 3.8) is 0 Å². The summed E-state index contributed by atoms with van der Waals surface area (Å²) < 4.78 is 22.0. The van der Waals surface area contributed by atoms with Crippen LogP contribution in [0.1, 0.15) is 57.7 Å². The van der Waals surface area contributed by atoms with Gasteiger partial charge in [-0.3, -0.25) is 33.9 Å². The summed E-state index contributed by atoms with van der Waals surface area (Å²) in [4.78, 5) is 71.4. The SMILES string of the molecule is COc1cc(N2CCN(CCCCC(=O)N[C@H](C(=O)N3C[C@H](O)C[C@H]3C(=O)NCc3ccc(-c4scnc4C)cc3)C(C)(C)C)CC2)c(-c2cnn(C)c2)cc1Nc1ncc(Br)c(Nc2ccc3nccnc3c2P(C)(C)=O)n1. The molecule has 0 aliphatic carbocycles. The van der Waals surface area contributed by atoms with Gasteiger partial charge in [0.25, 0.3) is 0 Å². The monoisotopic (exact) mass is 1170 g/mol. The molecule has 6 heterocycles. The number of hydrogen-bond donors (Lipinski definition) is 5. The van der Waals surface area contributed by atoms with E-state index in [1.54, 1.807) is 55.0 Å². The highest BCUT2D eigenvalue weighted by atomic mass is 79.9. The molecule has 2 aliphatic heterocycles. The zero-order valence-corrected chi connectivity index (χ0v) is 49.1. The van der Waals surface area contributed by atoms with Crippen LogP contribution in [0, 0.1) is 12.3 Å². The van der Waals surface area contributed by atoms with Gasteiger partial charge >= 0.3 is 0 Å². The van der Waals surface area contributed by atoms with Crippen molar-refractivity contribution >= 4 is 97.3 Å². The average molecular weight is 1180 g/mol. The number of ether oxygens (including phenoxy) is 1. The second-order valence-electron chi connectivity index (χ2n) is 21.6. The lowest BCUT2D eigenvalue weighted by Gasteiger charge is -2.37. The molecular formula is C56H68BrN14O6PS. The number of unbranched alkanes of at least 4 members (excludes halogenated alkanes) is 1. The molecule has 20 nitrogen and oxygen atoms in total. The van der Waals surface area contributed by atoms with Gasteiger partial charge in [0.2, 0.25) is 23.7 Å². The lowest BCUT2D eigenvalue weighted by atomic mass is 9.85. The Bertz CT molecular complexity index is 3390. The maximum absolute atomic E-state index is 14.2. The molecule has 7 aromatic rings. The number of methoxy groups -OCH3 is 1. The number of benzene rings is 3. The standard InChI is InChI=1S/C56H68BrN14O6PS/c1-34-50(79-33-62-34)36-14-12-35(13-15-36)28-60-53(74)45-25-38(72)32-71(45)54(75)51(56(2,3)4)66-47(73)11-9-10-20-69-21-23-70(24-22-69)44-27-46(77-6)43(26-39(44)37-29-63-68(5)31-37)65-55-61-30-40(57)52(67-55)64-42-17-16-41-48(59-19-18-58-41)49(42)78(7,8)76/h12-19,26-27,29-31,33,38,45,51,72H,9-11,20-25,28,32H2,1-8H3,(H,60,74)(H,66,73)(H2,61,64,65,67)/t38-,45+,51-/m1/s1. The van der Waals surface area contributed by atoms with Crippen LogP contribution in [0.2, 0.25) is 0 Å². The van der Waals surface area contributed by atoms with E-state index in [9.17, 15) is 24.1 Å². The van der Waals surface area contributed by atoms with Crippen molar-refractivity contribution in [1.82, 2.24) is 55.1 Å². The van der Waals surface area contributed by atoms with Crippen LogP contribution in [0.25, 0.3) is 32.6 Å². The van der Waals surface area contributed by atoms with Gasteiger partial charge in [0.05, 0.1) is 62.2 Å². The van der Waals surface area contributed by atoms with Gasteiger partial charge in [-0.2, -0.15) is 10.1 Å². The molecule has 2 aliphatic rings. The van der Waals surface area contributed by atoms with Crippen molar-refractivity contribution in [2.75, 3.05) is 75.2 Å². The molecule has 3 atom stereocenters. The smallest absolute Gasteiger partial charge is 0.246 e. The molecule has 2 saturated heterocycles. The normalized spacial score (nSPS) is 16.5. The largest absolute Gasteiger partial charge is 0.494 e. The van der Waals surface area contributed by atoms with Gasteiger partial charge in [-0.15, -0.1) is 11.3 Å². The fraction of sp³-hybridized carbons (Fsp3) is 0.411. The van der Waals surface area contributed by atoms with Crippen LogP contribution in [0.4, 0.5) is 28.8 Å². The number of anilines is 5. The van der Waals surface area contributed by atoms with Crippen molar-refractivity contribution in [2.45, 2.75) is 78.1 Å². The van der Waals surface area contributed by atoms with E-state index in [0.717, 1.165) is 77.7 Å². The average Bonchev–Trinajstić information content (AvgIpc) is 4.28. The van der Waals surface area contributed by atoms with Gasteiger partial charge < -0.3 is 45.5 Å². The third-order valence-electron chi connectivity index (χ3n) is 14.3. The van der Waals surface area contributed by atoms with E-state index in [4.69, 9.17) is 9.72 Å². The number of amides is 3. The summed E-state index contributed by atoms with van der Waals surface area (Å²) in [6.45, 7) is 15.3. The zero-order valence-electron chi connectivity index (χ0n) is 45.8. The third kappa shape index (κ3) is 13.4. The number of β-amino-alcohol motifs (C(OH)–C–C–N with tert-alkyl or cyclic N) is 1. The number of carbonyl (C=O) groups is 3. The molecule has 0 spiro atoms. The number of carbonyl (C=O) groups excluding carboxylic acids is 3. The summed E-state index contributed by atoms with van der Waals surface area (Å²) in [5.74, 6) is 0.386. The van der Waals surface area contributed by atoms with Crippen LogP contribution in [0.5, 0.6) is 5.75 Å². The Morgan fingerprint density at radius 2 is 1.70 bits per heavy atom. The van der Waals surface area contributed by atoms with E-state index in [0.29, 0.717) is 56.1 Å². The molecule has 416 valence electrons. The van der Waals surface area contributed by atoms with Crippen molar-refractivity contribution in [3.05, 3.63) is 101 Å². The van der Waals surface area contributed by atoms with Crippen molar-refractivity contribution in [3.8, 4) is 27.3 Å². The van der Waals surface area contributed by atoms with E-state index in [1.807, 2.05) is 101 Å². The number of nitrogens with one attached hydrogen (secondary N) is 4. The highest BCUT2D eigenvalue weighted by molar-refractivity contribution is 9.10. The number of likely N-dealkylation sites (tertiary alicyclic amines) is 1. The molecule has 0 saturated carbocycles. The molecule has 0 bridgehead atoms. The molecular weight excluding hydrogens is 1110 g/mol. The van der Waals surface area contributed by atoms with Crippen LogP contribution < -0.4 is 36.2 Å². The minimum absolute atomic E-state index is 0.00943. The van der Waals surface area contributed by atoms with E-state index < -0.39 is 30.7 Å². The van der Waals surface area contributed by atoms with Gasteiger partial charge in [0.15, 0.2) is 0 Å². The first kappa shape index (κ1) is 56.9. The Morgan fingerprint density at radius 3 is 2.38 bits per heavy atom. The minimum atomic E-state index is -2.83. The number of aromatic nitrogens is 7. The van der Waals surface area contributed by atoms with Crippen LogP contribution in [-0.2, 0) is 32.5 Å². The van der Waals surface area contributed by atoms with E-state index in [2.05, 4.69) is 72.0 Å². The Morgan fingerprint density at radius 1 is 0.937 bits per heavy atom. The topological polar surface area (TPSA) is 238 Å². The number of aryl methyl sites for hydroxylation is 2. The van der Waals surface area contributed by atoms with Crippen molar-refractivity contribution in [1.29, 1.82) is 0 Å².